The van der Waals surface area contributed by atoms with Crippen LogP contribution < -0.4 is 10.2 Å². The first-order valence-electron chi connectivity index (χ1n) is 7.64. The van der Waals surface area contributed by atoms with Crippen molar-refractivity contribution in [3.63, 3.8) is 0 Å². The molecule has 0 aliphatic carbocycles. The van der Waals surface area contributed by atoms with Gasteiger partial charge in [0.15, 0.2) is 0 Å². The maximum absolute atomic E-state index is 13.2. The summed E-state index contributed by atoms with van der Waals surface area (Å²) < 4.78 is 0.993. The second kappa shape index (κ2) is 6.07. The fraction of sp³-hybridized carbons (Fsp3) is 0.105. The topological polar surface area (TPSA) is 32.3 Å². The largest absolute Gasteiger partial charge is 0.360 e. The number of hydrogen-bond donors (Lipinski definition) is 1. The van der Waals surface area contributed by atoms with Crippen LogP contribution in [-0.2, 0) is 0 Å². The van der Waals surface area contributed by atoms with Crippen molar-refractivity contribution in [2.75, 3.05) is 10.2 Å². The van der Waals surface area contributed by atoms with Crippen LogP contribution in [0.1, 0.15) is 26.3 Å². The minimum Gasteiger partial charge on any atom is -0.360 e. The number of aryl methyl sites for hydroxylation is 1. The lowest BCUT2D eigenvalue weighted by atomic mass is 10.1. The second-order valence-corrected chi connectivity index (χ2v) is 7.93. The molecule has 2 heterocycles. The number of carbonyl (C=O) groups is 1. The Balaban J connectivity index is 1.85. The van der Waals surface area contributed by atoms with Crippen LogP contribution >= 0.6 is 27.3 Å². The van der Waals surface area contributed by atoms with Crippen molar-refractivity contribution in [1.29, 1.82) is 0 Å². The lowest BCUT2D eigenvalue weighted by molar-refractivity contribution is 0.0975. The van der Waals surface area contributed by atoms with Gasteiger partial charge in [0.2, 0.25) is 0 Å². The summed E-state index contributed by atoms with van der Waals surface area (Å²) in [7, 11) is 0. The quantitative estimate of drug-likeness (QED) is 0.609. The number of nitrogens with one attached hydrogen (secondary N) is 1. The van der Waals surface area contributed by atoms with Gasteiger partial charge in [0, 0.05) is 25.6 Å². The van der Waals surface area contributed by atoms with Crippen molar-refractivity contribution in [3.05, 3.63) is 80.5 Å². The summed E-state index contributed by atoms with van der Waals surface area (Å²) in [5.41, 5.74) is 2.46. The molecule has 1 N–H and O–H groups in total. The van der Waals surface area contributed by atoms with E-state index in [9.17, 15) is 4.79 Å². The molecule has 2 aromatic carbocycles. The van der Waals surface area contributed by atoms with E-state index in [0.29, 0.717) is 5.56 Å². The SMILES string of the molecule is Cc1ccc(C2Nc3ccccc3C(=O)N2c2ccc(Br)cc2)s1. The Bertz CT molecular complexity index is 904. The Morgan fingerprint density at radius 2 is 1.79 bits per heavy atom. The number of nitrogens with zero attached hydrogens (tertiary/aromatic N) is 1. The highest BCUT2D eigenvalue weighted by Crippen LogP contribution is 2.38. The third-order valence-electron chi connectivity index (χ3n) is 4.06. The van der Waals surface area contributed by atoms with Crippen molar-refractivity contribution in [3.8, 4) is 0 Å². The maximum atomic E-state index is 13.2. The molecular weight excluding hydrogens is 384 g/mol. The number of hydrogen-bond acceptors (Lipinski definition) is 3. The average molecular weight is 399 g/mol. The van der Waals surface area contributed by atoms with E-state index >= 15 is 0 Å². The van der Waals surface area contributed by atoms with Gasteiger partial charge in [0.05, 0.1) is 5.56 Å². The molecule has 24 heavy (non-hydrogen) atoms. The Kier molecular flexibility index (Phi) is 3.90. The predicted octanol–water partition coefficient (Wildman–Crippen LogP) is 5.59. The number of rotatable bonds is 2. The van der Waals surface area contributed by atoms with E-state index < -0.39 is 0 Å². The van der Waals surface area contributed by atoms with Crippen LogP contribution in [0.15, 0.2) is 65.1 Å². The molecule has 1 aromatic heterocycles. The second-order valence-electron chi connectivity index (χ2n) is 5.69. The molecule has 4 rings (SSSR count). The maximum Gasteiger partial charge on any atom is 0.262 e. The van der Waals surface area contributed by atoms with Gasteiger partial charge in [-0.3, -0.25) is 9.69 Å². The number of fused-ring (bicyclic) bond motifs is 1. The van der Waals surface area contributed by atoms with Crippen LogP contribution in [0.4, 0.5) is 11.4 Å². The lowest BCUT2D eigenvalue weighted by Gasteiger charge is -2.37. The molecule has 0 radical (unpaired) electrons. The number of amides is 1. The number of para-hydroxylation sites is 1. The molecule has 1 atom stereocenters. The van der Waals surface area contributed by atoms with Gasteiger partial charge in [0.1, 0.15) is 6.17 Å². The summed E-state index contributed by atoms with van der Waals surface area (Å²) in [5, 5.41) is 3.52. The molecule has 1 aliphatic heterocycles. The van der Waals surface area contributed by atoms with Crippen molar-refractivity contribution < 1.29 is 4.79 Å². The predicted molar refractivity (Wildman–Crippen MR) is 103 cm³/mol. The average Bonchev–Trinajstić information content (AvgIpc) is 3.02. The molecule has 3 nitrogen and oxygen atoms in total. The molecule has 0 saturated heterocycles. The monoisotopic (exact) mass is 398 g/mol. The number of carbonyl (C=O) groups excluding carboxylic acids is 1. The van der Waals surface area contributed by atoms with Crippen LogP contribution in [0.3, 0.4) is 0 Å². The fourth-order valence-corrected chi connectivity index (χ4v) is 4.11. The van der Waals surface area contributed by atoms with Gasteiger partial charge in [-0.2, -0.15) is 0 Å². The summed E-state index contributed by atoms with van der Waals surface area (Å²) >= 11 is 5.16. The van der Waals surface area contributed by atoms with E-state index in [2.05, 4.69) is 40.3 Å². The third kappa shape index (κ3) is 2.64. The highest BCUT2D eigenvalue weighted by Gasteiger charge is 2.34. The van der Waals surface area contributed by atoms with E-state index in [0.717, 1.165) is 20.7 Å². The van der Waals surface area contributed by atoms with Gasteiger partial charge >= 0.3 is 0 Å². The zero-order valence-electron chi connectivity index (χ0n) is 13.0. The van der Waals surface area contributed by atoms with Crippen LogP contribution in [0.2, 0.25) is 0 Å². The molecule has 120 valence electrons. The molecule has 5 heteroatoms. The molecular formula is C19H15BrN2OS. The van der Waals surface area contributed by atoms with E-state index in [4.69, 9.17) is 0 Å². The molecule has 1 amide bonds. The Morgan fingerprint density at radius 1 is 1.04 bits per heavy atom. The van der Waals surface area contributed by atoms with Gasteiger partial charge in [-0.15, -0.1) is 11.3 Å². The first-order valence-corrected chi connectivity index (χ1v) is 9.25. The summed E-state index contributed by atoms with van der Waals surface area (Å²) in [6.45, 7) is 2.08. The van der Waals surface area contributed by atoms with Crippen molar-refractivity contribution in [2.45, 2.75) is 13.1 Å². The molecule has 0 saturated carbocycles. The summed E-state index contributed by atoms with van der Waals surface area (Å²) in [5.74, 6) is 0.0164. The van der Waals surface area contributed by atoms with E-state index in [-0.39, 0.29) is 12.1 Å². The Morgan fingerprint density at radius 3 is 2.50 bits per heavy atom. The highest BCUT2D eigenvalue weighted by molar-refractivity contribution is 9.10. The lowest BCUT2D eigenvalue weighted by Crippen LogP contribution is -2.42. The first-order chi connectivity index (χ1) is 11.6. The van der Waals surface area contributed by atoms with E-state index in [1.807, 2.05) is 53.4 Å². The minimum atomic E-state index is -0.202. The standard InChI is InChI=1S/C19H15BrN2OS/c1-12-6-11-17(24-12)18-21-16-5-3-2-4-15(16)19(23)22(18)14-9-7-13(20)8-10-14/h2-11,18,21H,1H3. The van der Waals surface area contributed by atoms with Gasteiger partial charge in [0.25, 0.3) is 5.91 Å². The van der Waals surface area contributed by atoms with Gasteiger partial charge in [-0.1, -0.05) is 28.1 Å². The molecule has 1 aliphatic rings. The Labute approximate surface area is 153 Å². The Hall–Kier alpha value is -2.11. The molecule has 3 aromatic rings. The van der Waals surface area contributed by atoms with E-state index in [1.165, 1.54) is 4.88 Å². The number of benzene rings is 2. The van der Waals surface area contributed by atoms with E-state index in [1.54, 1.807) is 11.3 Å². The zero-order valence-corrected chi connectivity index (χ0v) is 15.4. The van der Waals surface area contributed by atoms with Gasteiger partial charge in [-0.05, 0) is 55.5 Å². The molecule has 1 unspecified atom stereocenters. The van der Waals surface area contributed by atoms with Crippen molar-refractivity contribution in [2.24, 2.45) is 0 Å². The summed E-state index contributed by atoms with van der Waals surface area (Å²) in [4.78, 5) is 17.4. The fourth-order valence-electron chi connectivity index (χ4n) is 2.92. The number of thiophene rings is 1. The van der Waals surface area contributed by atoms with Crippen LogP contribution in [0.25, 0.3) is 0 Å². The third-order valence-corrected chi connectivity index (χ3v) is 5.64. The van der Waals surface area contributed by atoms with Gasteiger partial charge in [-0.25, -0.2) is 0 Å². The number of anilines is 2. The van der Waals surface area contributed by atoms with Crippen LogP contribution in [0.5, 0.6) is 0 Å². The number of halogens is 1. The highest BCUT2D eigenvalue weighted by atomic mass is 79.9. The van der Waals surface area contributed by atoms with Crippen molar-refractivity contribution in [1.82, 2.24) is 0 Å². The first kappa shape index (κ1) is 15.4. The summed E-state index contributed by atoms with van der Waals surface area (Å²) in [6.07, 6.45) is -0.202. The minimum absolute atomic E-state index is 0.0164. The van der Waals surface area contributed by atoms with Gasteiger partial charge < -0.3 is 5.32 Å². The van der Waals surface area contributed by atoms with Crippen LogP contribution in [0, 0.1) is 6.92 Å². The van der Waals surface area contributed by atoms with Crippen LogP contribution in [-0.4, -0.2) is 5.91 Å². The normalized spacial score (nSPS) is 16.7. The summed E-state index contributed by atoms with van der Waals surface area (Å²) in [6, 6.07) is 19.7. The molecule has 0 bridgehead atoms. The smallest absolute Gasteiger partial charge is 0.262 e. The molecule has 0 fully saturated rings. The zero-order chi connectivity index (χ0) is 16.7. The van der Waals surface area contributed by atoms with Crippen molar-refractivity contribution >= 4 is 44.5 Å². The molecule has 0 spiro atoms.